The van der Waals surface area contributed by atoms with Crippen LogP contribution in [0.2, 0.25) is 0 Å². The van der Waals surface area contributed by atoms with Crippen molar-refractivity contribution in [3.05, 3.63) is 35.2 Å². The zero-order valence-electron chi connectivity index (χ0n) is 10.9. The molecule has 4 nitrogen and oxygen atoms in total. The van der Waals surface area contributed by atoms with E-state index in [1.807, 2.05) is 0 Å². The zero-order chi connectivity index (χ0) is 14.9. The van der Waals surface area contributed by atoms with Crippen LogP contribution < -0.4 is 5.73 Å². The summed E-state index contributed by atoms with van der Waals surface area (Å²) in [7, 11) is 1.80. The maximum Gasteiger partial charge on any atom is 0.416 e. The van der Waals surface area contributed by atoms with E-state index in [2.05, 4.69) is 10.2 Å². The van der Waals surface area contributed by atoms with E-state index in [-0.39, 0.29) is 6.54 Å². The molecule has 1 heterocycles. The third-order valence-corrected chi connectivity index (χ3v) is 4.02. The third kappa shape index (κ3) is 2.96. The predicted molar refractivity (Wildman–Crippen MR) is 69.2 cm³/mol. The first-order valence-corrected chi connectivity index (χ1v) is 6.58. The Morgan fingerprint density at radius 2 is 2.00 bits per heavy atom. The van der Waals surface area contributed by atoms with Gasteiger partial charge in [-0.25, -0.2) is 0 Å². The van der Waals surface area contributed by atoms with Crippen LogP contribution in [0.15, 0.2) is 28.3 Å². The molecule has 0 amide bonds. The number of hydrogen-bond acceptors (Lipinski definition) is 4. The summed E-state index contributed by atoms with van der Waals surface area (Å²) in [5, 5.41) is 8.48. The summed E-state index contributed by atoms with van der Waals surface area (Å²) in [6.45, 7) is 1.83. The quantitative estimate of drug-likeness (QED) is 0.947. The minimum atomic E-state index is -4.37. The van der Waals surface area contributed by atoms with Crippen molar-refractivity contribution in [2.24, 2.45) is 12.8 Å². The molecule has 0 saturated carbocycles. The Kier molecular flexibility index (Phi) is 4.05. The van der Waals surface area contributed by atoms with E-state index < -0.39 is 11.7 Å². The fourth-order valence-corrected chi connectivity index (χ4v) is 2.55. The molecule has 20 heavy (non-hydrogen) atoms. The normalized spacial score (nSPS) is 11.9. The van der Waals surface area contributed by atoms with Gasteiger partial charge in [0.2, 0.25) is 0 Å². The molecule has 0 aliphatic carbocycles. The molecule has 2 N–H and O–H groups in total. The Morgan fingerprint density at radius 1 is 1.30 bits per heavy atom. The Morgan fingerprint density at radius 3 is 2.50 bits per heavy atom. The van der Waals surface area contributed by atoms with Crippen LogP contribution in [-0.4, -0.2) is 14.8 Å². The zero-order valence-corrected chi connectivity index (χ0v) is 11.7. The standard InChI is InChI=1S/C12H13F3N4S/c1-7-17-18-11(19(7)2)20-10-4-3-9(12(13,14)15)5-8(10)6-16/h3-5H,6,16H2,1-2H3. The highest BCUT2D eigenvalue weighted by Gasteiger charge is 2.31. The smallest absolute Gasteiger partial charge is 0.326 e. The predicted octanol–water partition coefficient (Wildman–Crippen LogP) is 2.75. The minimum absolute atomic E-state index is 0.0308. The van der Waals surface area contributed by atoms with Gasteiger partial charge in [0, 0.05) is 18.5 Å². The molecular weight excluding hydrogens is 289 g/mol. The number of aromatic nitrogens is 3. The van der Waals surface area contributed by atoms with Crippen LogP contribution in [0.25, 0.3) is 0 Å². The molecule has 0 saturated heterocycles. The largest absolute Gasteiger partial charge is 0.416 e. The van der Waals surface area contributed by atoms with Gasteiger partial charge in [-0.1, -0.05) is 0 Å². The van der Waals surface area contributed by atoms with Crippen LogP contribution in [0.5, 0.6) is 0 Å². The van der Waals surface area contributed by atoms with E-state index in [0.29, 0.717) is 15.6 Å². The van der Waals surface area contributed by atoms with E-state index in [4.69, 9.17) is 5.73 Å². The second-order valence-electron chi connectivity index (χ2n) is 4.22. The van der Waals surface area contributed by atoms with E-state index in [1.54, 1.807) is 18.5 Å². The Bertz CT molecular complexity index is 622. The highest BCUT2D eigenvalue weighted by molar-refractivity contribution is 7.99. The molecule has 1 aromatic heterocycles. The summed E-state index contributed by atoms with van der Waals surface area (Å²) < 4.78 is 39.7. The molecule has 0 aliphatic rings. The van der Waals surface area contributed by atoms with Gasteiger partial charge in [-0.05, 0) is 42.4 Å². The number of nitrogens with two attached hydrogens (primary N) is 1. The van der Waals surface area contributed by atoms with Gasteiger partial charge < -0.3 is 10.3 Å². The molecule has 8 heteroatoms. The van der Waals surface area contributed by atoms with Gasteiger partial charge in [-0.3, -0.25) is 0 Å². The molecule has 1 aromatic carbocycles. The van der Waals surface area contributed by atoms with Crippen molar-refractivity contribution < 1.29 is 13.2 Å². The first kappa shape index (κ1) is 14.9. The van der Waals surface area contributed by atoms with Crippen molar-refractivity contribution in [3.8, 4) is 0 Å². The van der Waals surface area contributed by atoms with Gasteiger partial charge in [0.1, 0.15) is 5.82 Å². The van der Waals surface area contributed by atoms with Crippen molar-refractivity contribution >= 4 is 11.8 Å². The number of rotatable bonds is 3. The van der Waals surface area contributed by atoms with Gasteiger partial charge in [0.15, 0.2) is 5.16 Å². The molecule has 0 spiro atoms. The lowest BCUT2D eigenvalue weighted by molar-refractivity contribution is -0.137. The SMILES string of the molecule is Cc1nnc(Sc2ccc(C(F)(F)F)cc2CN)n1C. The van der Waals surface area contributed by atoms with Crippen LogP contribution >= 0.6 is 11.8 Å². The molecule has 0 fully saturated rings. The Hall–Kier alpha value is -1.54. The molecule has 0 radical (unpaired) electrons. The lowest BCUT2D eigenvalue weighted by Crippen LogP contribution is -2.08. The van der Waals surface area contributed by atoms with Crippen molar-refractivity contribution in [3.63, 3.8) is 0 Å². The van der Waals surface area contributed by atoms with Gasteiger partial charge in [0.05, 0.1) is 5.56 Å². The Labute approximate surface area is 118 Å². The van der Waals surface area contributed by atoms with Crippen LogP contribution in [0.4, 0.5) is 13.2 Å². The highest BCUT2D eigenvalue weighted by atomic mass is 32.2. The monoisotopic (exact) mass is 302 g/mol. The number of aryl methyl sites for hydroxylation is 1. The highest BCUT2D eigenvalue weighted by Crippen LogP contribution is 2.35. The maximum atomic E-state index is 12.7. The lowest BCUT2D eigenvalue weighted by Gasteiger charge is -2.11. The average Bonchev–Trinajstić information content (AvgIpc) is 2.70. The number of halogens is 3. The second kappa shape index (κ2) is 5.45. The first-order valence-electron chi connectivity index (χ1n) is 5.77. The van der Waals surface area contributed by atoms with Gasteiger partial charge >= 0.3 is 6.18 Å². The average molecular weight is 302 g/mol. The summed E-state index contributed by atoms with van der Waals surface area (Å²) in [5.74, 6) is 0.730. The molecule has 108 valence electrons. The molecule has 0 unspecified atom stereocenters. The third-order valence-electron chi connectivity index (χ3n) is 2.86. The van der Waals surface area contributed by atoms with Crippen molar-refractivity contribution in [1.82, 2.24) is 14.8 Å². The summed E-state index contributed by atoms with van der Waals surface area (Å²) in [6, 6.07) is 3.54. The Balaban J connectivity index is 2.35. The van der Waals surface area contributed by atoms with E-state index in [0.717, 1.165) is 18.0 Å². The van der Waals surface area contributed by atoms with Crippen molar-refractivity contribution in [1.29, 1.82) is 0 Å². The van der Waals surface area contributed by atoms with E-state index >= 15 is 0 Å². The van der Waals surface area contributed by atoms with Crippen molar-refractivity contribution in [2.45, 2.75) is 29.7 Å². The van der Waals surface area contributed by atoms with Crippen molar-refractivity contribution in [2.75, 3.05) is 0 Å². The summed E-state index contributed by atoms with van der Waals surface area (Å²) >= 11 is 1.25. The number of benzene rings is 1. The summed E-state index contributed by atoms with van der Waals surface area (Å²) in [6.07, 6.45) is -4.37. The fraction of sp³-hybridized carbons (Fsp3) is 0.333. The van der Waals surface area contributed by atoms with Crippen LogP contribution in [0.1, 0.15) is 17.0 Å². The molecule has 0 bridgehead atoms. The van der Waals surface area contributed by atoms with Gasteiger partial charge in [0.25, 0.3) is 0 Å². The summed E-state index contributed by atoms with van der Waals surface area (Å²) in [4.78, 5) is 0.649. The van der Waals surface area contributed by atoms with Gasteiger partial charge in [-0.2, -0.15) is 13.2 Å². The molecule has 0 aliphatic heterocycles. The number of nitrogens with zero attached hydrogens (tertiary/aromatic N) is 3. The molecular formula is C12H13F3N4S. The van der Waals surface area contributed by atoms with E-state index in [1.165, 1.54) is 17.8 Å². The molecule has 2 rings (SSSR count). The number of hydrogen-bond donors (Lipinski definition) is 1. The first-order chi connectivity index (χ1) is 9.32. The second-order valence-corrected chi connectivity index (χ2v) is 5.22. The fourth-order valence-electron chi connectivity index (χ4n) is 1.59. The molecule has 2 aromatic rings. The van der Waals surface area contributed by atoms with Crippen LogP contribution in [0, 0.1) is 6.92 Å². The topological polar surface area (TPSA) is 56.7 Å². The van der Waals surface area contributed by atoms with Crippen LogP contribution in [0.3, 0.4) is 0 Å². The summed E-state index contributed by atoms with van der Waals surface area (Å²) in [5.41, 5.74) is 5.27. The minimum Gasteiger partial charge on any atom is -0.326 e. The molecule has 0 atom stereocenters. The van der Waals surface area contributed by atoms with Gasteiger partial charge in [-0.15, -0.1) is 10.2 Å². The maximum absolute atomic E-state index is 12.7. The van der Waals surface area contributed by atoms with E-state index in [9.17, 15) is 13.2 Å². The lowest BCUT2D eigenvalue weighted by atomic mass is 10.1. The number of alkyl halides is 3. The van der Waals surface area contributed by atoms with Crippen LogP contribution in [-0.2, 0) is 19.8 Å².